The first-order valence-corrected chi connectivity index (χ1v) is 11.4. The lowest BCUT2D eigenvalue weighted by Crippen LogP contribution is -2.37. The fourth-order valence-electron chi connectivity index (χ4n) is 3.38. The van der Waals surface area contributed by atoms with Gasteiger partial charge in [0, 0.05) is 30.9 Å². The average Bonchev–Trinajstić information content (AvgIpc) is 2.85. The molecule has 11 heteroatoms. The summed E-state index contributed by atoms with van der Waals surface area (Å²) in [4.78, 5) is 58.2. The van der Waals surface area contributed by atoms with Crippen molar-refractivity contribution in [1.82, 2.24) is 19.1 Å². The van der Waals surface area contributed by atoms with Crippen LogP contribution in [0.25, 0.3) is 22.4 Å². The molecule has 0 aliphatic rings. The van der Waals surface area contributed by atoms with Crippen LogP contribution in [0.1, 0.15) is 17.3 Å². The maximum Gasteiger partial charge on any atom is 0.332 e. The van der Waals surface area contributed by atoms with Crippen molar-refractivity contribution in [1.29, 1.82) is 0 Å². The first kappa shape index (κ1) is 24.0. The molecule has 0 aliphatic carbocycles. The molecule has 4 aromatic rings. The molecule has 2 heterocycles. The highest BCUT2D eigenvalue weighted by Crippen LogP contribution is 2.26. The van der Waals surface area contributed by atoms with E-state index in [1.165, 1.54) is 49.9 Å². The van der Waals surface area contributed by atoms with E-state index in [1.54, 1.807) is 24.3 Å². The molecule has 35 heavy (non-hydrogen) atoms. The Morgan fingerprint density at radius 2 is 1.63 bits per heavy atom. The van der Waals surface area contributed by atoms with Gasteiger partial charge in [-0.15, -0.1) is 0 Å². The average molecular weight is 494 g/mol. The molecular weight excluding hydrogens is 473 g/mol. The Hall–Kier alpha value is -4.12. The Kier molecular flexibility index (Phi) is 6.61. The summed E-state index contributed by atoms with van der Waals surface area (Å²) in [6.45, 7) is 1.45. The van der Waals surface area contributed by atoms with E-state index in [9.17, 15) is 23.6 Å². The van der Waals surface area contributed by atoms with Crippen LogP contribution < -0.4 is 16.6 Å². The maximum absolute atomic E-state index is 13.4. The summed E-state index contributed by atoms with van der Waals surface area (Å²) in [5.41, 5.74) is 0.483. The molecule has 0 saturated heterocycles. The number of rotatable bonds is 6. The molecular formula is C24H20FN5O4S. The Labute approximate surface area is 202 Å². The largest absolute Gasteiger partial charge is 0.332 e. The number of benzene rings is 2. The summed E-state index contributed by atoms with van der Waals surface area (Å²) in [7, 11) is 2.83. The van der Waals surface area contributed by atoms with Crippen LogP contribution in [-0.4, -0.2) is 36.5 Å². The minimum atomic E-state index is -0.587. The van der Waals surface area contributed by atoms with Gasteiger partial charge in [-0.1, -0.05) is 11.8 Å². The predicted molar refractivity (Wildman–Crippen MR) is 131 cm³/mol. The zero-order valence-corrected chi connectivity index (χ0v) is 19.9. The van der Waals surface area contributed by atoms with Crippen molar-refractivity contribution < 1.29 is 14.0 Å². The van der Waals surface area contributed by atoms with Gasteiger partial charge >= 0.3 is 5.69 Å². The lowest BCUT2D eigenvalue weighted by atomic mass is 10.1. The number of amides is 1. The van der Waals surface area contributed by atoms with E-state index in [0.717, 1.165) is 16.3 Å². The Balaban J connectivity index is 1.70. The van der Waals surface area contributed by atoms with Crippen molar-refractivity contribution in [3.8, 4) is 11.4 Å². The maximum atomic E-state index is 13.4. The molecule has 2 aromatic heterocycles. The number of hydrogen-bond donors (Lipinski definition) is 1. The highest BCUT2D eigenvalue weighted by Gasteiger charge is 2.19. The minimum Gasteiger partial charge on any atom is -0.325 e. The second kappa shape index (κ2) is 9.63. The number of nitrogens with zero attached hydrogens (tertiary/aromatic N) is 4. The van der Waals surface area contributed by atoms with Crippen molar-refractivity contribution in [2.75, 3.05) is 11.1 Å². The first-order chi connectivity index (χ1) is 16.7. The third kappa shape index (κ3) is 4.90. The van der Waals surface area contributed by atoms with Gasteiger partial charge < -0.3 is 5.32 Å². The van der Waals surface area contributed by atoms with Gasteiger partial charge in [-0.05, 0) is 55.5 Å². The van der Waals surface area contributed by atoms with E-state index in [0.29, 0.717) is 16.8 Å². The molecule has 0 bridgehead atoms. The highest BCUT2D eigenvalue weighted by atomic mass is 32.2. The molecule has 0 saturated carbocycles. The standard InChI is InChI=1S/C24H20FN5O4S/c1-13(31)14-6-10-17(11-7-14)26-18(32)12-35-22-19-21(29(2)24(34)30(3)23(19)33)27-20(28-22)15-4-8-16(25)9-5-15/h4-11H,12H2,1-3H3,(H,26,32). The van der Waals surface area contributed by atoms with Crippen molar-refractivity contribution in [2.45, 2.75) is 11.9 Å². The summed E-state index contributed by atoms with van der Waals surface area (Å²) in [5, 5.41) is 3.05. The molecule has 0 aliphatic heterocycles. The van der Waals surface area contributed by atoms with Gasteiger partial charge in [-0.2, -0.15) is 0 Å². The Morgan fingerprint density at radius 3 is 2.26 bits per heavy atom. The zero-order valence-electron chi connectivity index (χ0n) is 19.0. The van der Waals surface area contributed by atoms with E-state index < -0.39 is 17.1 Å². The molecule has 0 unspecified atom stereocenters. The second-order valence-corrected chi connectivity index (χ2v) is 8.70. The topological polar surface area (TPSA) is 116 Å². The molecule has 0 atom stereocenters. The van der Waals surface area contributed by atoms with Crippen LogP contribution in [0.4, 0.5) is 10.1 Å². The first-order valence-electron chi connectivity index (χ1n) is 10.4. The molecule has 4 rings (SSSR count). The van der Waals surface area contributed by atoms with Gasteiger partial charge in [0.1, 0.15) is 16.2 Å². The SMILES string of the molecule is CC(=O)c1ccc(NC(=O)CSc2nc(-c3ccc(F)cc3)nc3c2c(=O)n(C)c(=O)n3C)cc1. The summed E-state index contributed by atoms with van der Waals surface area (Å²) in [6, 6.07) is 12.0. The smallest absolute Gasteiger partial charge is 0.325 e. The van der Waals surface area contributed by atoms with Crippen molar-refractivity contribution in [3.63, 3.8) is 0 Å². The number of halogens is 1. The van der Waals surface area contributed by atoms with Gasteiger partial charge in [0.25, 0.3) is 5.56 Å². The zero-order chi connectivity index (χ0) is 25.3. The van der Waals surface area contributed by atoms with Gasteiger partial charge in [-0.3, -0.25) is 23.5 Å². The highest BCUT2D eigenvalue weighted by molar-refractivity contribution is 8.00. The molecule has 178 valence electrons. The number of carbonyl (C=O) groups excluding carboxylic acids is 2. The third-order valence-electron chi connectivity index (χ3n) is 5.28. The monoisotopic (exact) mass is 493 g/mol. The van der Waals surface area contributed by atoms with Crippen LogP contribution in [-0.2, 0) is 18.9 Å². The van der Waals surface area contributed by atoms with Crippen LogP contribution in [0, 0.1) is 5.82 Å². The van der Waals surface area contributed by atoms with Crippen molar-refractivity contribution >= 4 is 40.2 Å². The third-order valence-corrected chi connectivity index (χ3v) is 6.26. The van der Waals surface area contributed by atoms with Crippen LogP contribution in [0.15, 0.2) is 63.1 Å². The molecule has 1 N–H and O–H groups in total. The van der Waals surface area contributed by atoms with E-state index in [2.05, 4.69) is 15.3 Å². The summed E-state index contributed by atoms with van der Waals surface area (Å²) >= 11 is 1.01. The predicted octanol–water partition coefficient (Wildman–Crippen LogP) is 2.77. The fraction of sp³-hybridized carbons (Fsp3) is 0.167. The number of Topliss-reactive ketones (excluding diaryl/α,β-unsaturated/α-hetero) is 1. The number of hydrogen-bond acceptors (Lipinski definition) is 7. The van der Waals surface area contributed by atoms with Crippen LogP contribution in [0.2, 0.25) is 0 Å². The fourth-order valence-corrected chi connectivity index (χ4v) is 4.19. The van der Waals surface area contributed by atoms with Gasteiger partial charge in [0.15, 0.2) is 17.3 Å². The quantitative estimate of drug-likeness (QED) is 0.249. The van der Waals surface area contributed by atoms with E-state index in [4.69, 9.17) is 0 Å². The van der Waals surface area contributed by atoms with Gasteiger partial charge in [0.05, 0.1) is 5.75 Å². The Morgan fingerprint density at radius 1 is 0.971 bits per heavy atom. The Bertz CT molecular complexity index is 1580. The number of thioether (sulfide) groups is 1. The van der Waals surface area contributed by atoms with Gasteiger partial charge in [-0.25, -0.2) is 19.2 Å². The summed E-state index contributed by atoms with van der Waals surface area (Å²) < 4.78 is 15.6. The normalized spacial score (nSPS) is 11.0. The summed E-state index contributed by atoms with van der Waals surface area (Å²) in [5.74, 6) is -0.777. The van der Waals surface area contributed by atoms with Crippen molar-refractivity contribution in [3.05, 3.63) is 80.7 Å². The molecule has 1 amide bonds. The number of carbonyl (C=O) groups is 2. The molecule has 2 aromatic carbocycles. The molecule has 0 fully saturated rings. The molecule has 0 spiro atoms. The van der Waals surface area contributed by atoms with Crippen LogP contribution >= 0.6 is 11.8 Å². The number of nitrogens with one attached hydrogen (secondary N) is 1. The van der Waals surface area contributed by atoms with E-state index in [-0.39, 0.29) is 39.3 Å². The second-order valence-electron chi connectivity index (χ2n) is 7.73. The van der Waals surface area contributed by atoms with Crippen LogP contribution in [0.3, 0.4) is 0 Å². The van der Waals surface area contributed by atoms with E-state index >= 15 is 0 Å². The lowest BCUT2D eigenvalue weighted by molar-refractivity contribution is -0.113. The van der Waals surface area contributed by atoms with E-state index in [1.807, 2.05) is 0 Å². The molecule has 0 radical (unpaired) electrons. The minimum absolute atomic E-state index is 0.0815. The van der Waals surface area contributed by atoms with Gasteiger partial charge in [0.2, 0.25) is 5.91 Å². The summed E-state index contributed by atoms with van der Waals surface area (Å²) in [6.07, 6.45) is 0. The number of aryl methyl sites for hydroxylation is 1. The molecule has 9 nitrogen and oxygen atoms in total. The number of fused-ring (bicyclic) bond motifs is 1. The van der Waals surface area contributed by atoms with Crippen LogP contribution in [0.5, 0.6) is 0 Å². The lowest BCUT2D eigenvalue weighted by Gasteiger charge is -2.12. The number of aromatic nitrogens is 4. The van der Waals surface area contributed by atoms with Crippen molar-refractivity contribution in [2.24, 2.45) is 14.1 Å². The number of ketones is 1. The number of anilines is 1.